The summed E-state index contributed by atoms with van der Waals surface area (Å²) in [5.41, 5.74) is -2.03. The molecule has 1 aliphatic heterocycles. The summed E-state index contributed by atoms with van der Waals surface area (Å²) >= 11 is 0. The molecule has 0 bridgehead atoms. The lowest BCUT2D eigenvalue weighted by Crippen LogP contribution is -2.58. The van der Waals surface area contributed by atoms with E-state index in [0.29, 0.717) is 12.1 Å². The molecule has 0 unspecified atom stereocenters. The SMILES string of the molecule is CCc1cc(OC(F)(F)F)cc2c1O[C@](OC(=O)OCCN(C)CCO[N+](=O)[O-])(C(F)(F)F)C(C(=O)OC)=C2. The molecular formula is C21H22F6N2O10. The number of carbonyl (C=O) groups is 2. The minimum Gasteiger partial charge on any atom is -0.465 e. The molecule has 218 valence electrons. The van der Waals surface area contributed by atoms with Crippen LogP contribution in [0.1, 0.15) is 18.1 Å². The number of likely N-dealkylation sites (N-methyl/N-ethyl adjacent to an activating group) is 1. The van der Waals surface area contributed by atoms with Crippen molar-refractivity contribution >= 4 is 18.2 Å². The normalized spacial score (nSPS) is 16.9. The highest BCUT2D eigenvalue weighted by Gasteiger charge is 2.68. The first-order chi connectivity index (χ1) is 18.0. The minimum absolute atomic E-state index is 0.000827. The number of hydrogen-bond donors (Lipinski definition) is 0. The number of carbonyl (C=O) groups excluding carboxylic acids is 2. The van der Waals surface area contributed by atoms with Gasteiger partial charge in [-0.25, -0.2) is 9.59 Å². The van der Waals surface area contributed by atoms with Gasteiger partial charge < -0.3 is 33.4 Å². The average molecular weight is 576 g/mol. The van der Waals surface area contributed by atoms with Gasteiger partial charge in [-0.1, -0.05) is 6.92 Å². The van der Waals surface area contributed by atoms with Crippen LogP contribution >= 0.6 is 0 Å². The van der Waals surface area contributed by atoms with E-state index in [9.17, 15) is 46.0 Å². The molecule has 0 amide bonds. The molecule has 1 heterocycles. The molecule has 0 N–H and O–H groups in total. The molecule has 39 heavy (non-hydrogen) atoms. The highest BCUT2D eigenvalue weighted by Crippen LogP contribution is 2.49. The molecule has 1 aliphatic rings. The molecule has 1 aromatic carbocycles. The lowest BCUT2D eigenvalue weighted by Gasteiger charge is -2.38. The summed E-state index contributed by atoms with van der Waals surface area (Å²) < 4.78 is 104. The van der Waals surface area contributed by atoms with Gasteiger partial charge in [0.2, 0.25) is 0 Å². The van der Waals surface area contributed by atoms with Gasteiger partial charge in [-0.3, -0.25) is 0 Å². The predicted molar refractivity (Wildman–Crippen MR) is 115 cm³/mol. The highest BCUT2D eigenvalue weighted by molar-refractivity contribution is 5.97. The fourth-order valence-electron chi connectivity index (χ4n) is 3.28. The Morgan fingerprint density at radius 1 is 1.13 bits per heavy atom. The number of esters is 1. The third-order valence-electron chi connectivity index (χ3n) is 5.05. The Morgan fingerprint density at radius 2 is 1.77 bits per heavy atom. The van der Waals surface area contributed by atoms with Gasteiger partial charge in [0.25, 0.3) is 5.09 Å². The van der Waals surface area contributed by atoms with Gasteiger partial charge >= 0.3 is 30.5 Å². The third kappa shape index (κ3) is 8.01. The molecule has 1 atom stereocenters. The Kier molecular flexibility index (Phi) is 9.83. The van der Waals surface area contributed by atoms with Gasteiger partial charge in [0.05, 0.1) is 7.11 Å². The number of nitrogens with zero attached hydrogens (tertiary/aromatic N) is 2. The molecule has 0 aromatic heterocycles. The summed E-state index contributed by atoms with van der Waals surface area (Å²) in [4.78, 5) is 40.3. The molecular weight excluding hydrogens is 554 g/mol. The van der Waals surface area contributed by atoms with Crippen LogP contribution < -0.4 is 9.47 Å². The Bertz CT molecular complexity index is 1110. The van der Waals surface area contributed by atoms with E-state index in [1.165, 1.54) is 18.9 Å². The predicted octanol–water partition coefficient (Wildman–Crippen LogP) is 3.65. The summed E-state index contributed by atoms with van der Waals surface area (Å²) in [5, 5.41) is 9.13. The van der Waals surface area contributed by atoms with E-state index in [4.69, 9.17) is 4.74 Å². The van der Waals surface area contributed by atoms with Crippen LogP contribution in [-0.2, 0) is 30.3 Å². The Hall–Kier alpha value is -3.96. The van der Waals surface area contributed by atoms with E-state index in [2.05, 4.69) is 23.8 Å². The van der Waals surface area contributed by atoms with Gasteiger partial charge in [0.15, 0.2) is 0 Å². The summed E-state index contributed by atoms with van der Waals surface area (Å²) in [5.74, 6) is -7.19. The number of hydrogen-bond acceptors (Lipinski definition) is 11. The number of fused-ring (bicyclic) bond motifs is 1. The molecule has 0 radical (unpaired) electrons. The van der Waals surface area contributed by atoms with Crippen LogP contribution in [0.4, 0.5) is 31.1 Å². The summed E-state index contributed by atoms with van der Waals surface area (Å²) in [6.45, 7) is 0.407. The topological polar surface area (TPSA) is 136 Å². The zero-order valence-electron chi connectivity index (χ0n) is 20.5. The molecule has 1 aromatic rings. The fraction of sp³-hybridized carbons (Fsp3) is 0.524. The van der Waals surface area contributed by atoms with Crippen molar-refractivity contribution in [3.63, 3.8) is 0 Å². The van der Waals surface area contributed by atoms with Crippen LogP contribution in [-0.4, -0.2) is 80.9 Å². The molecule has 0 spiro atoms. The number of ether oxygens (including phenoxy) is 5. The first kappa shape index (κ1) is 31.3. The van der Waals surface area contributed by atoms with E-state index in [1.54, 1.807) is 0 Å². The zero-order chi connectivity index (χ0) is 29.6. The second kappa shape index (κ2) is 12.3. The van der Waals surface area contributed by atoms with Gasteiger partial charge in [0.1, 0.15) is 30.3 Å². The first-order valence-corrected chi connectivity index (χ1v) is 10.8. The van der Waals surface area contributed by atoms with Crippen LogP contribution in [0, 0.1) is 10.1 Å². The van der Waals surface area contributed by atoms with E-state index < -0.39 is 64.8 Å². The van der Waals surface area contributed by atoms with Crippen LogP contribution in [0.2, 0.25) is 0 Å². The van der Waals surface area contributed by atoms with E-state index >= 15 is 0 Å². The Labute approximate surface area is 216 Å². The van der Waals surface area contributed by atoms with Crippen molar-refractivity contribution < 1.29 is 69.5 Å². The zero-order valence-corrected chi connectivity index (χ0v) is 20.5. The molecule has 0 saturated heterocycles. The van der Waals surface area contributed by atoms with Crippen LogP contribution in [0.5, 0.6) is 11.5 Å². The molecule has 0 aliphatic carbocycles. The number of alkyl halides is 6. The average Bonchev–Trinajstić information content (AvgIpc) is 2.80. The second-order valence-corrected chi connectivity index (χ2v) is 7.73. The molecule has 0 saturated carbocycles. The van der Waals surface area contributed by atoms with Crippen molar-refractivity contribution in [2.75, 3.05) is 40.5 Å². The van der Waals surface area contributed by atoms with Crippen molar-refractivity contribution in [3.8, 4) is 11.5 Å². The van der Waals surface area contributed by atoms with Gasteiger partial charge in [-0.15, -0.1) is 23.3 Å². The van der Waals surface area contributed by atoms with Gasteiger partial charge in [-0.05, 0) is 37.2 Å². The van der Waals surface area contributed by atoms with Gasteiger partial charge in [0, 0.05) is 18.7 Å². The maximum Gasteiger partial charge on any atom is 0.573 e. The van der Waals surface area contributed by atoms with Crippen molar-refractivity contribution in [1.82, 2.24) is 4.90 Å². The second-order valence-electron chi connectivity index (χ2n) is 7.73. The number of methoxy groups -OCH3 is 1. The van der Waals surface area contributed by atoms with Crippen LogP contribution in [0.25, 0.3) is 6.08 Å². The maximum atomic E-state index is 14.4. The summed E-state index contributed by atoms with van der Waals surface area (Å²) in [7, 11) is 2.16. The van der Waals surface area contributed by atoms with E-state index in [0.717, 1.165) is 13.2 Å². The monoisotopic (exact) mass is 576 g/mol. The molecule has 2 rings (SSSR count). The van der Waals surface area contributed by atoms with E-state index in [1.807, 2.05) is 0 Å². The van der Waals surface area contributed by atoms with Gasteiger partial charge in [-0.2, -0.15) is 13.2 Å². The van der Waals surface area contributed by atoms with Crippen molar-refractivity contribution in [2.24, 2.45) is 0 Å². The molecule has 12 nitrogen and oxygen atoms in total. The standard InChI is InChI=1S/C21H22F6N2O10/c1-4-12-9-14(37-21(25,26)27)10-13-11-15(17(30)34-3)19(20(22,23)24,38-16(12)13)39-18(31)35-7-5-28(2)6-8-36-29(32)33/h9-11H,4-8H2,1-3H3/t19-/m1/s1. The number of rotatable bonds is 11. The third-order valence-corrected chi connectivity index (χ3v) is 5.05. The molecule has 0 fully saturated rings. The summed E-state index contributed by atoms with van der Waals surface area (Å²) in [6, 6.07) is 1.46. The largest absolute Gasteiger partial charge is 0.573 e. The quantitative estimate of drug-likeness (QED) is 0.165. The Balaban J connectivity index is 2.38. The lowest BCUT2D eigenvalue weighted by molar-refractivity contribution is -0.757. The maximum absolute atomic E-state index is 14.4. The van der Waals surface area contributed by atoms with Crippen molar-refractivity contribution in [3.05, 3.63) is 38.9 Å². The number of aryl methyl sites for hydroxylation is 1. The smallest absolute Gasteiger partial charge is 0.465 e. The van der Waals surface area contributed by atoms with Crippen LogP contribution in [0.3, 0.4) is 0 Å². The lowest BCUT2D eigenvalue weighted by atomic mass is 9.95. The van der Waals surface area contributed by atoms with Crippen LogP contribution in [0.15, 0.2) is 17.7 Å². The van der Waals surface area contributed by atoms with E-state index in [-0.39, 0.29) is 31.7 Å². The fourth-order valence-corrected chi connectivity index (χ4v) is 3.28. The highest BCUT2D eigenvalue weighted by atomic mass is 19.4. The van der Waals surface area contributed by atoms with Crippen molar-refractivity contribution in [2.45, 2.75) is 31.7 Å². The molecule has 18 heteroatoms. The van der Waals surface area contributed by atoms with Crippen molar-refractivity contribution in [1.29, 1.82) is 0 Å². The number of benzene rings is 1. The minimum atomic E-state index is -5.62. The first-order valence-electron chi connectivity index (χ1n) is 10.8. The number of halogens is 6. The Morgan fingerprint density at radius 3 is 2.31 bits per heavy atom. The summed E-state index contributed by atoms with van der Waals surface area (Å²) in [6.07, 6.45) is -12.3.